The van der Waals surface area contributed by atoms with Crippen LogP contribution in [0.2, 0.25) is 0 Å². The van der Waals surface area contributed by atoms with Gasteiger partial charge in [0.2, 0.25) is 5.91 Å². The van der Waals surface area contributed by atoms with Crippen LogP contribution in [-0.2, 0) is 16.1 Å². The van der Waals surface area contributed by atoms with Gasteiger partial charge in [0.15, 0.2) is 6.61 Å². The number of carbonyl (C=O) groups excluding carboxylic acids is 2. The van der Waals surface area contributed by atoms with Gasteiger partial charge in [0.05, 0.1) is 0 Å². The van der Waals surface area contributed by atoms with E-state index in [1.54, 1.807) is 0 Å². The summed E-state index contributed by atoms with van der Waals surface area (Å²) in [6, 6.07) is 22.7. The summed E-state index contributed by atoms with van der Waals surface area (Å²) in [6.45, 7) is 4.02. The maximum absolute atomic E-state index is 12.1. The Kier molecular flexibility index (Phi) is 7.05. The number of anilines is 3. The van der Waals surface area contributed by atoms with Crippen LogP contribution in [0.25, 0.3) is 0 Å². The molecule has 0 spiro atoms. The molecular formula is C24H25N3O3. The molecule has 154 valence electrons. The molecule has 0 aliphatic rings. The zero-order valence-corrected chi connectivity index (χ0v) is 17.1. The molecule has 0 fully saturated rings. The second-order valence-corrected chi connectivity index (χ2v) is 6.96. The molecule has 3 N–H and O–H groups in total. The lowest BCUT2D eigenvalue weighted by atomic mass is 10.2. The first kappa shape index (κ1) is 20.9. The minimum absolute atomic E-state index is 0.0601. The van der Waals surface area contributed by atoms with Crippen molar-refractivity contribution in [2.24, 2.45) is 0 Å². The van der Waals surface area contributed by atoms with Gasteiger partial charge in [0, 0.05) is 30.5 Å². The van der Waals surface area contributed by atoms with E-state index in [2.05, 4.69) is 16.0 Å². The van der Waals surface area contributed by atoms with Crippen molar-refractivity contribution < 1.29 is 14.3 Å². The van der Waals surface area contributed by atoms with Gasteiger partial charge in [-0.2, -0.15) is 0 Å². The van der Waals surface area contributed by atoms with Crippen molar-refractivity contribution in [1.82, 2.24) is 0 Å². The van der Waals surface area contributed by atoms with Crippen LogP contribution in [0.15, 0.2) is 72.8 Å². The predicted octanol–water partition coefficient (Wildman–Crippen LogP) is 4.58. The number of hydrogen-bond donors (Lipinski definition) is 3. The van der Waals surface area contributed by atoms with E-state index in [-0.39, 0.29) is 18.4 Å². The third kappa shape index (κ3) is 6.67. The molecule has 0 aliphatic heterocycles. The van der Waals surface area contributed by atoms with Gasteiger partial charge in [-0.25, -0.2) is 0 Å². The monoisotopic (exact) mass is 403 g/mol. The Morgan fingerprint density at radius 1 is 0.833 bits per heavy atom. The van der Waals surface area contributed by atoms with Crippen molar-refractivity contribution in [3.63, 3.8) is 0 Å². The minimum Gasteiger partial charge on any atom is -0.484 e. The van der Waals surface area contributed by atoms with Crippen LogP contribution < -0.4 is 20.7 Å². The zero-order chi connectivity index (χ0) is 21.3. The largest absolute Gasteiger partial charge is 0.484 e. The second-order valence-electron chi connectivity index (χ2n) is 6.96. The molecule has 2 amide bonds. The third-order valence-electron chi connectivity index (χ3n) is 4.31. The van der Waals surface area contributed by atoms with E-state index >= 15 is 0 Å². The fourth-order valence-corrected chi connectivity index (χ4v) is 2.81. The van der Waals surface area contributed by atoms with E-state index in [9.17, 15) is 9.59 Å². The number of benzene rings is 3. The molecule has 0 saturated carbocycles. The van der Waals surface area contributed by atoms with E-state index in [4.69, 9.17) is 4.74 Å². The summed E-state index contributed by atoms with van der Waals surface area (Å²) in [6.07, 6.45) is 0. The van der Waals surface area contributed by atoms with Gasteiger partial charge in [0.25, 0.3) is 5.91 Å². The second kappa shape index (κ2) is 10.1. The lowest BCUT2D eigenvalue weighted by molar-refractivity contribution is -0.118. The molecule has 0 aromatic heterocycles. The van der Waals surface area contributed by atoms with Crippen molar-refractivity contribution in [3.8, 4) is 5.75 Å². The fourth-order valence-electron chi connectivity index (χ4n) is 2.81. The maximum atomic E-state index is 12.1. The summed E-state index contributed by atoms with van der Waals surface area (Å²) >= 11 is 0. The number of carbonyl (C=O) groups is 2. The number of hydrogen-bond acceptors (Lipinski definition) is 4. The first-order chi connectivity index (χ1) is 14.5. The van der Waals surface area contributed by atoms with Crippen LogP contribution in [0.4, 0.5) is 17.1 Å². The molecule has 0 saturated heterocycles. The van der Waals surface area contributed by atoms with Crippen molar-refractivity contribution in [3.05, 3.63) is 83.9 Å². The Morgan fingerprint density at radius 3 is 2.17 bits per heavy atom. The summed E-state index contributed by atoms with van der Waals surface area (Å²) < 4.78 is 5.63. The molecule has 0 bridgehead atoms. The summed E-state index contributed by atoms with van der Waals surface area (Å²) in [4.78, 5) is 23.2. The summed E-state index contributed by atoms with van der Waals surface area (Å²) in [5, 5.41) is 8.88. The highest BCUT2D eigenvalue weighted by Gasteiger charge is 2.05. The summed E-state index contributed by atoms with van der Waals surface area (Å²) in [5.41, 5.74) is 4.60. The normalized spacial score (nSPS) is 10.2. The molecule has 3 aromatic carbocycles. The first-order valence-electron chi connectivity index (χ1n) is 9.68. The average Bonchev–Trinajstić information content (AvgIpc) is 2.73. The van der Waals surface area contributed by atoms with Crippen molar-refractivity contribution in [1.29, 1.82) is 0 Å². The molecule has 3 aromatic rings. The van der Waals surface area contributed by atoms with Gasteiger partial charge in [0.1, 0.15) is 5.75 Å². The fraction of sp³-hybridized carbons (Fsp3) is 0.167. The highest BCUT2D eigenvalue weighted by Crippen LogP contribution is 2.17. The lowest BCUT2D eigenvalue weighted by Gasteiger charge is -2.11. The highest BCUT2D eigenvalue weighted by molar-refractivity contribution is 5.91. The molecule has 6 heteroatoms. The Morgan fingerprint density at radius 2 is 1.47 bits per heavy atom. The Bertz CT molecular complexity index is 999. The van der Waals surface area contributed by atoms with E-state index in [0.29, 0.717) is 12.3 Å². The van der Waals surface area contributed by atoms with E-state index in [1.165, 1.54) is 6.92 Å². The van der Waals surface area contributed by atoms with Gasteiger partial charge >= 0.3 is 0 Å². The number of amides is 2. The van der Waals surface area contributed by atoms with Gasteiger partial charge in [-0.15, -0.1) is 0 Å². The maximum Gasteiger partial charge on any atom is 0.262 e. The molecule has 0 radical (unpaired) electrons. The lowest BCUT2D eigenvalue weighted by Crippen LogP contribution is -2.20. The Labute approximate surface area is 176 Å². The van der Waals surface area contributed by atoms with Crippen LogP contribution >= 0.6 is 0 Å². The summed E-state index contributed by atoms with van der Waals surface area (Å²) in [5.74, 6) is 0.330. The van der Waals surface area contributed by atoms with Gasteiger partial charge in [-0.1, -0.05) is 29.8 Å². The quantitative estimate of drug-likeness (QED) is 0.514. The Hall–Kier alpha value is -3.80. The SMILES string of the molecule is CC(=O)Nc1ccc(NCc2cccc(OCC(=O)Nc3ccc(C)cc3)c2)cc1. The number of rotatable bonds is 8. The molecule has 3 rings (SSSR count). The minimum atomic E-state index is -0.207. The topological polar surface area (TPSA) is 79.5 Å². The van der Waals surface area contributed by atoms with E-state index < -0.39 is 0 Å². The molecule has 0 atom stereocenters. The van der Waals surface area contributed by atoms with Crippen LogP contribution in [0.3, 0.4) is 0 Å². The van der Waals surface area contributed by atoms with Crippen LogP contribution in [0, 0.1) is 6.92 Å². The Balaban J connectivity index is 1.48. The van der Waals surface area contributed by atoms with Crippen LogP contribution in [0.1, 0.15) is 18.1 Å². The predicted molar refractivity (Wildman–Crippen MR) is 120 cm³/mol. The highest BCUT2D eigenvalue weighted by atomic mass is 16.5. The summed E-state index contributed by atoms with van der Waals surface area (Å²) in [7, 11) is 0. The molecule has 0 aliphatic carbocycles. The van der Waals surface area contributed by atoms with E-state index in [1.807, 2.05) is 79.7 Å². The van der Waals surface area contributed by atoms with Gasteiger partial charge in [-0.3, -0.25) is 9.59 Å². The van der Waals surface area contributed by atoms with Crippen molar-refractivity contribution in [2.45, 2.75) is 20.4 Å². The van der Waals surface area contributed by atoms with Crippen LogP contribution in [-0.4, -0.2) is 18.4 Å². The molecular weight excluding hydrogens is 378 g/mol. The smallest absolute Gasteiger partial charge is 0.262 e. The standard InChI is InChI=1S/C24H25N3O3/c1-17-6-8-22(9-7-17)27-24(29)16-30-23-5-3-4-19(14-23)15-25-20-10-12-21(13-11-20)26-18(2)28/h3-14,25H,15-16H2,1-2H3,(H,26,28)(H,27,29). The number of nitrogens with one attached hydrogen (secondary N) is 3. The van der Waals surface area contributed by atoms with Crippen molar-refractivity contribution >= 4 is 28.9 Å². The zero-order valence-electron chi connectivity index (χ0n) is 17.1. The molecule has 30 heavy (non-hydrogen) atoms. The van der Waals surface area contributed by atoms with E-state index in [0.717, 1.165) is 28.2 Å². The molecule has 6 nitrogen and oxygen atoms in total. The number of aryl methyl sites for hydroxylation is 1. The van der Waals surface area contributed by atoms with Gasteiger partial charge < -0.3 is 20.7 Å². The first-order valence-corrected chi connectivity index (χ1v) is 9.68. The van der Waals surface area contributed by atoms with Crippen LogP contribution in [0.5, 0.6) is 5.75 Å². The third-order valence-corrected chi connectivity index (χ3v) is 4.31. The van der Waals surface area contributed by atoms with Crippen molar-refractivity contribution in [2.75, 3.05) is 22.6 Å². The van der Waals surface area contributed by atoms with Gasteiger partial charge in [-0.05, 0) is 61.0 Å². The molecule has 0 unspecified atom stereocenters. The average molecular weight is 403 g/mol. The molecule has 0 heterocycles. The number of ether oxygens (including phenoxy) is 1.